The fourth-order valence-electron chi connectivity index (χ4n) is 3.56. The number of nitrogens with zero attached hydrogens (tertiary/aromatic N) is 2. The minimum atomic E-state index is -0.158. The van der Waals surface area contributed by atoms with Crippen molar-refractivity contribution >= 4 is 11.6 Å². The molecular weight excluding hydrogens is 381 g/mol. The first-order chi connectivity index (χ1) is 14.7. The molecule has 0 unspecified atom stereocenters. The summed E-state index contributed by atoms with van der Waals surface area (Å²) < 4.78 is 19.6. The molecule has 3 rings (SSSR count). The molecule has 0 saturated carbocycles. The van der Waals surface area contributed by atoms with Crippen LogP contribution in [0.4, 0.5) is 10.1 Å². The molecule has 0 radical (unpaired) electrons. The molecule has 5 nitrogen and oxygen atoms in total. The summed E-state index contributed by atoms with van der Waals surface area (Å²) in [5.41, 5.74) is 1.34. The van der Waals surface area contributed by atoms with Crippen molar-refractivity contribution in [1.29, 1.82) is 0 Å². The van der Waals surface area contributed by atoms with Crippen LogP contribution in [0.3, 0.4) is 0 Å². The molecule has 0 aromatic heterocycles. The van der Waals surface area contributed by atoms with Crippen LogP contribution in [0, 0.1) is 5.82 Å². The number of hydrogen-bond acceptors (Lipinski definition) is 4. The van der Waals surface area contributed by atoms with Crippen LogP contribution in [-0.4, -0.2) is 56.7 Å². The summed E-state index contributed by atoms with van der Waals surface area (Å²) in [6, 6.07) is 14.2. The van der Waals surface area contributed by atoms with Gasteiger partial charge in [-0.2, -0.15) is 0 Å². The van der Waals surface area contributed by atoms with Gasteiger partial charge in [0.05, 0.1) is 12.3 Å². The average molecular weight is 414 g/mol. The maximum Gasteiger partial charge on any atom is 0.251 e. The van der Waals surface area contributed by atoms with Gasteiger partial charge in [0.1, 0.15) is 11.6 Å². The van der Waals surface area contributed by atoms with Crippen molar-refractivity contribution in [3.8, 4) is 5.75 Å². The van der Waals surface area contributed by atoms with Crippen molar-refractivity contribution in [2.45, 2.75) is 26.2 Å². The minimum absolute atomic E-state index is 0.0560. The van der Waals surface area contributed by atoms with Crippen molar-refractivity contribution in [2.75, 3.05) is 50.8 Å². The third-order valence-corrected chi connectivity index (χ3v) is 5.39. The highest BCUT2D eigenvalue weighted by atomic mass is 19.1. The molecule has 1 saturated heterocycles. The largest absolute Gasteiger partial charge is 0.494 e. The summed E-state index contributed by atoms with van der Waals surface area (Å²) in [6.07, 6.45) is 3.02. The van der Waals surface area contributed by atoms with Crippen LogP contribution >= 0.6 is 0 Å². The lowest BCUT2D eigenvalue weighted by Crippen LogP contribution is -2.47. The van der Waals surface area contributed by atoms with Crippen LogP contribution in [0.1, 0.15) is 36.5 Å². The molecule has 1 aliphatic rings. The van der Waals surface area contributed by atoms with Crippen LogP contribution in [0.5, 0.6) is 5.75 Å². The topological polar surface area (TPSA) is 44.8 Å². The van der Waals surface area contributed by atoms with E-state index in [9.17, 15) is 9.18 Å². The maximum atomic E-state index is 13.9. The molecule has 30 heavy (non-hydrogen) atoms. The second-order valence-corrected chi connectivity index (χ2v) is 7.62. The van der Waals surface area contributed by atoms with Crippen LogP contribution in [0.2, 0.25) is 0 Å². The average Bonchev–Trinajstić information content (AvgIpc) is 2.78. The van der Waals surface area contributed by atoms with E-state index < -0.39 is 0 Å². The molecule has 1 fully saturated rings. The number of amides is 1. The summed E-state index contributed by atoms with van der Waals surface area (Å²) in [7, 11) is 0. The van der Waals surface area contributed by atoms with Crippen LogP contribution in [0.25, 0.3) is 0 Å². The molecule has 0 bridgehead atoms. The molecule has 6 heteroatoms. The quantitative estimate of drug-likeness (QED) is 0.599. The molecular formula is C24H32FN3O2. The van der Waals surface area contributed by atoms with Gasteiger partial charge in [-0.05, 0) is 55.8 Å². The lowest BCUT2D eigenvalue weighted by Gasteiger charge is -2.36. The Morgan fingerprint density at radius 1 is 1.03 bits per heavy atom. The Hall–Kier alpha value is -2.60. The lowest BCUT2D eigenvalue weighted by atomic mass is 10.2. The fourth-order valence-corrected chi connectivity index (χ4v) is 3.56. The summed E-state index contributed by atoms with van der Waals surface area (Å²) in [6.45, 7) is 7.85. The number of hydrogen-bond donors (Lipinski definition) is 1. The summed E-state index contributed by atoms with van der Waals surface area (Å²) >= 11 is 0. The zero-order valence-electron chi connectivity index (χ0n) is 17.8. The zero-order valence-corrected chi connectivity index (χ0v) is 17.8. The number of ether oxygens (including phenoxy) is 1. The van der Waals surface area contributed by atoms with E-state index >= 15 is 0 Å². The fraction of sp³-hybridized carbons (Fsp3) is 0.458. The highest BCUT2D eigenvalue weighted by molar-refractivity contribution is 5.94. The first-order valence-electron chi connectivity index (χ1n) is 10.9. The van der Waals surface area contributed by atoms with Crippen LogP contribution in [0.15, 0.2) is 48.5 Å². The van der Waals surface area contributed by atoms with Gasteiger partial charge in [0.2, 0.25) is 0 Å². The van der Waals surface area contributed by atoms with Crippen LogP contribution in [-0.2, 0) is 0 Å². The molecule has 2 aromatic rings. The van der Waals surface area contributed by atoms with E-state index in [1.54, 1.807) is 18.2 Å². The molecule has 1 N–H and O–H groups in total. The van der Waals surface area contributed by atoms with E-state index in [-0.39, 0.29) is 11.7 Å². The highest BCUT2D eigenvalue weighted by Crippen LogP contribution is 2.20. The third kappa shape index (κ3) is 6.46. The molecule has 0 atom stereocenters. The number of carbonyl (C=O) groups excluding carboxylic acids is 1. The Labute approximate surface area is 178 Å². The highest BCUT2D eigenvalue weighted by Gasteiger charge is 2.18. The van der Waals surface area contributed by atoms with Gasteiger partial charge in [-0.3, -0.25) is 9.69 Å². The van der Waals surface area contributed by atoms with Gasteiger partial charge in [0.25, 0.3) is 5.91 Å². The minimum Gasteiger partial charge on any atom is -0.494 e. The molecule has 1 aliphatic heterocycles. The Kier molecular flexibility index (Phi) is 8.51. The Morgan fingerprint density at radius 3 is 2.47 bits per heavy atom. The predicted octanol–water partition coefficient (Wildman–Crippen LogP) is 3.95. The van der Waals surface area contributed by atoms with Gasteiger partial charge in [-0.15, -0.1) is 0 Å². The second-order valence-electron chi connectivity index (χ2n) is 7.62. The van der Waals surface area contributed by atoms with Gasteiger partial charge in [-0.1, -0.05) is 25.5 Å². The van der Waals surface area contributed by atoms with Gasteiger partial charge in [-0.25, -0.2) is 4.39 Å². The number of benzene rings is 2. The van der Waals surface area contributed by atoms with Crippen LogP contribution < -0.4 is 15.0 Å². The molecule has 2 aromatic carbocycles. The standard InChI is InChI=1S/C24H32FN3O2/c1-2-3-19-30-21-11-9-20(10-12-21)24(29)26-13-6-14-27-15-17-28(18-16-27)23-8-5-4-7-22(23)25/h4-5,7-12H,2-3,6,13-19H2,1H3,(H,26,29). The van der Waals surface area contributed by atoms with Gasteiger partial charge in [0, 0.05) is 38.3 Å². The van der Waals surface area contributed by atoms with Crippen molar-refractivity contribution in [3.63, 3.8) is 0 Å². The van der Waals surface area contributed by atoms with E-state index in [0.717, 1.165) is 57.7 Å². The van der Waals surface area contributed by atoms with Crippen molar-refractivity contribution in [3.05, 3.63) is 59.9 Å². The van der Waals surface area contributed by atoms with Gasteiger partial charge in [0.15, 0.2) is 0 Å². The number of halogens is 1. The van der Waals surface area contributed by atoms with E-state index in [0.29, 0.717) is 24.4 Å². The van der Waals surface area contributed by atoms with Crippen molar-refractivity contribution in [2.24, 2.45) is 0 Å². The van der Waals surface area contributed by atoms with E-state index in [1.165, 1.54) is 6.07 Å². The second kappa shape index (κ2) is 11.6. The number of anilines is 1. The third-order valence-electron chi connectivity index (χ3n) is 5.39. The molecule has 1 heterocycles. The maximum absolute atomic E-state index is 13.9. The van der Waals surface area contributed by atoms with E-state index in [1.807, 2.05) is 24.3 Å². The summed E-state index contributed by atoms with van der Waals surface area (Å²) in [5.74, 6) is 0.586. The Bertz CT molecular complexity index is 789. The normalized spacial score (nSPS) is 14.5. The zero-order chi connectivity index (χ0) is 21.2. The van der Waals surface area contributed by atoms with E-state index in [4.69, 9.17) is 4.74 Å². The Morgan fingerprint density at radius 2 is 1.77 bits per heavy atom. The molecule has 162 valence electrons. The van der Waals surface area contributed by atoms with Gasteiger partial charge >= 0.3 is 0 Å². The first kappa shape index (κ1) is 22.1. The summed E-state index contributed by atoms with van der Waals surface area (Å²) in [5, 5.41) is 2.99. The number of piperazine rings is 1. The number of nitrogens with one attached hydrogen (secondary N) is 1. The predicted molar refractivity (Wildman–Crippen MR) is 119 cm³/mol. The lowest BCUT2D eigenvalue weighted by molar-refractivity contribution is 0.0951. The Balaban J connectivity index is 1.32. The molecule has 0 spiro atoms. The van der Waals surface area contributed by atoms with Crippen molar-refractivity contribution in [1.82, 2.24) is 10.2 Å². The van der Waals surface area contributed by atoms with Crippen molar-refractivity contribution < 1.29 is 13.9 Å². The number of para-hydroxylation sites is 1. The first-order valence-corrected chi connectivity index (χ1v) is 10.9. The number of unbranched alkanes of at least 4 members (excludes halogenated alkanes) is 1. The molecule has 1 amide bonds. The van der Waals surface area contributed by atoms with Gasteiger partial charge < -0.3 is 15.0 Å². The number of carbonyl (C=O) groups is 1. The monoisotopic (exact) mass is 413 g/mol. The smallest absolute Gasteiger partial charge is 0.251 e. The number of rotatable bonds is 10. The SMILES string of the molecule is CCCCOc1ccc(C(=O)NCCCN2CCN(c3ccccc3F)CC2)cc1. The molecule has 0 aliphatic carbocycles. The summed E-state index contributed by atoms with van der Waals surface area (Å²) in [4.78, 5) is 16.8. The van der Waals surface area contributed by atoms with E-state index in [2.05, 4.69) is 22.0 Å².